The summed E-state index contributed by atoms with van der Waals surface area (Å²) < 4.78 is 0. The molecule has 0 saturated heterocycles. The van der Waals surface area contributed by atoms with Crippen LogP contribution in [0.4, 0.5) is 0 Å². The molecule has 0 unspecified atom stereocenters. The summed E-state index contributed by atoms with van der Waals surface area (Å²) in [6.45, 7) is 2.54. The number of carboxylic acid groups (broad SMARTS) is 1. The highest BCUT2D eigenvalue weighted by Gasteiger charge is 2.23. The molecule has 5 N–H and O–H groups in total. The van der Waals surface area contributed by atoms with Gasteiger partial charge in [-0.1, -0.05) is 19.8 Å². The third-order valence-electron chi connectivity index (χ3n) is 2.46. The van der Waals surface area contributed by atoms with Crippen LogP contribution in [0.2, 0.25) is 0 Å². The summed E-state index contributed by atoms with van der Waals surface area (Å²) in [6.07, 6.45) is 2.89. The van der Waals surface area contributed by atoms with Crippen LogP contribution in [0.1, 0.15) is 39.0 Å². The molecule has 0 aliphatic heterocycles. The fraction of sp³-hybridized carbons (Fsp3) is 0.800. The van der Waals surface area contributed by atoms with Crippen molar-refractivity contribution in [2.24, 2.45) is 11.7 Å². The largest absolute Gasteiger partial charge is 0.480 e. The molecule has 0 aliphatic carbocycles. The Bertz CT molecular complexity index is 248. The SMILES string of the molecule is CCCCCN(N)[C@@H](CCC(=O)ON)C(=O)O. The Morgan fingerprint density at radius 1 is 1.41 bits per heavy atom. The van der Waals surface area contributed by atoms with Crippen molar-refractivity contribution >= 4 is 11.9 Å². The average Bonchev–Trinajstić information content (AvgIpc) is 2.28. The Balaban J connectivity index is 4.12. The van der Waals surface area contributed by atoms with Gasteiger partial charge in [0.05, 0.1) is 0 Å². The molecule has 0 heterocycles. The van der Waals surface area contributed by atoms with Crippen molar-refractivity contribution < 1.29 is 19.5 Å². The van der Waals surface area contributed by atoms with Crippen molar-refractivity contribution in [2.45, 2.75) is 45.1 Å². The summed E-state index contributed by atoms with van der Waals surface area (Å²) in [4.78, 5) is 25.8. The highest BCUT2D eigenvalue weighted by atomic mass is 16.7. The Morgan fingerprint density at radius 2 is 2.06 bits per heavy atom. The number of carbonyl (C=O) groups is 2. The maximum atomic E-state index is 11.0. The van der Waals surface area contributed by atoms with Crippen molar-refractivity contribution in [1.29, 1.82) is 0 Å². The van der Waals surface area contributed by atoms with Crippen molar-refractivity contribution in [2.75, 3.05) is 6.54 Å². The minimum atomic E-state index is -1.05. The summed E-state index contributed by atoms with van der Waals surface area (Å²) in [6, 6.07) is -0.883. The maximum absolute atomic E-state index is 11.0. The van der Waals surface area contributed by atoms with Gasteiger partial charge in [0.1, 0.15) is 6.04 Å². The molecular weight excluding hydrogens is 226 g/mol. The molecule has 0 saturated carbocycles. The summed E-state index contributed by atoms with van der Waals surface area (Å²) >= 11 is 0. The third kappa shape index (κ3) is 6.88. The van der Waals surface area contributed by atoms with Gasteiger partial charge >= 0.3 is 11.9 Å². The fourth-order valence-corrected chi connectivity index (χ4v) is 1.44. The van der Waals surface area contributed by atoms with Crippen LogP contribution in [-0.4, -0.2) is 34.6 Å². The Kier molecular flexibility index (Phi) is 8.29. The first kappa shape index (κ1) is 15.8. The number of rotatable bonds is 9. The highest BCUT2D eigenvalue weighted by Crippen LogP contribution is 2.06. The Morgan fingerprint density at radius 3 is 2.53 bits per heavy atom. The first-order chi connectivity index (χ1) is 8.02. The molecule has 1 atom stereocenters. The Labute approximate surface area is 101 Å². The number of carbonyl (C=O) groups excluding carboxylic acids is 1. The van der Waals surface area contributed by atoms with Gasteiger partial charge in [-0.05, 0) is 12.8 Å². The zero-order chi connectivity index (χ0) is 13.3. The monoisotopic (exact) mass is 247 g/mol. The van der Waals surface area contributed by atoms with E-state index in [1.54, 1.807) is 0 Å². The van der Waals surface area contributed by atoms with Crippen LogP contribution in [0, 0.1) is 0 Å². The second kappa shape index (κ2) is 8.91. The molecule has 17 heavy (non-hydrogen) atoms. The molecule has 0 amide bonds. The lowest BCUT2D eigenvalue weighted by Crippen LogP contribution is -2.46. The number of unbranched alkanes of at least 4 members (excludes halogenated alkanes) is 2. The van der Waals surface area contributed by atoms with Crippen LogP contribution < -0.4 is 11.7 Å². The van der Waals surface area contributed by atoms with Crippen LogP contribution in [0.25, 0.3) is 0 Å². The van der Waals surface area contributed by atoms with Crippen LogP contribution in [0.15, 0.2) is 0 Å². The fourth-order valence-electron chi connectivity index (χ4n) is 1.44. The van der Waals surface area contributed by atoms with Crippen LogP contribution in [0.5, 0.6) is 0 Å². The van der Waals surface area contributed by atoms with E-state index < -0.39 is 18.0 Å². The molecule has 100 valence electrons. The standard InChI is InChI=1S/C10H21N3O4/c1-2-3-4-7-13(11)8(10(15)16)5-6-9(14)17-12/h8H,2-7,11-12H2,1H3,(H,15,16)/t8-/m0/s1. The van der Waals surface area contributed by atoms with E-state index >= 15 is 0 Å². The van der Waals surface area contributed by atoms with Crippen LogP contribution >= 0.6 is 0 Å². The van der Waals surface area contributed by atoms with Gasteiger partial charge in [-0.2, -0.15) is 5.90 Å². The maximum Gasteiger partial charge on any atom is 0.324 e. The Hall–Kier alpha value is -1.18. The minimum Gasteiger partial charge on any atom is -0.480 e. The molecule has 0 rings (SSSR count). The lowest BCUT2D eigenvalue weighted by molar-refractivity contribution is -0.147. The van der Waals surface area contributed by atoms with Gasteiger partial charge in [-0.25, -0.2) is 5.01 Å². The number of nitrogens with zero attached hydrogens (tertiary/aromatic N) is 1. The lowest BCUT2D eigenvalue weighted by atomic mass is 10.1. The summed E-state index contributed by atoms with van der Waals surface area (Å²) in [5.74, 6) is 8.64. The van der Waals surface area contributed by atoms with E-state index in [9.17, 15) is 9.59 Å². The average molecular weight is 247 g/mol. The summed E-state index contributed by atoms with van der Waals surface area (Å²) in [7, 11) is 0. The van der Waals surface area contributed by atoms with Gasteiger partial charge < -0.3 is 9.94 Å². The zero-order valence-corrected chi connectivity index (χ0v) is 10.1. The summed E-state index contributed by atoms with van der Waals surface area (Å²) in [5.41, 5.74) is 0. The summed E-state index contributed by atoms with van der Waals surface area (Å²) in [5, 5.41) is 10.2. The molecule has 0 spiro atoms. The van der Waals surface area contributed by atoms with Crippen molar-refractivity contribution in [3.8, 4) is 0 Å². The molecule has 0 fully saturated rings. The van der Waals surface area contributed by atoms with Gasteiger partial charge in [-0.3, -0.25) is 15.4 Å². The van der Waals surface area contributed by atoms with Gasteiger partial charge in [0, 0.05) is 13.0 Å². The molecule has 0 aromatic carbocycles. The lowest BCUT2D eigenvalue weighted by Gasteiger charge is -2.23. The molecule has 0 aromatic rings. The molecule has 0 bridgehead atoms. The van der Waals surface area contributed by atoms with Gasteiger partial charge in [-0.15, -0.1) is 0 Å². The second-order valence-electron chi connectivity index (χ2n) is 3.83. The quantitative estimate of drug-likeness (QED) is 0.298. The molecule has 0 radical (unpaired) electrons. The zero-order valence-electron chi connectivity index (χ0n) is 10.1. The van der Waals surface area contributed by atoms with E-state index in [2.05, 4.69) is 10.7 Å². The predicted molar refractivity (Wildman–Crippen MR) is 61.4 cm³/mol. The smallest absolute Gasteiger partial charge is 0.324 e. The number of nitrogens with two attached hydrogens (primary N) is 2. The topological polar surface area (TPSA) is 119 Å². The minimum absolute atomic E-state index is 0.0606. The highest BCUT2D eigenvalue weighted by molar-refractivity contribution is 5.75. The van der Waals surface area contributed by atoms with E-state index in [-0.39, 0.29) is 12.8 Å². The van der Waals surface area contributed by atoms with E-state index in [1.165, 1.54) is 5.01 Å². The predicted octanol–water partition coefficient (Wildman–Crippen LogP) is 0.00260. The normalized spacial score (nSPS) is 12.5. The first-order valence-corrected chi connectivity index (χ1v) is 5.66. The van der Waals surface area contributed by atoms with Gasteiger partial charge in [0.25, 0.3) is 0 Å². The number of hydrogen-bond acceptors (Lipinski definition) is 6. The number of hydrazine groups is 1. The van der Waals surface area contributed by atoms with E-state index in [0.717, 1.165) is 19.3 Å². The van der Waals surface area contributed by atoms with Crippen molar-refractivity contribution in [3.63, 3.8) is 0 Å². The van der Waals surface area contributed by atoms with Crippen LogP contribution in [-0.2, 0) is 14.4 Å². The van der Waals surface area contributed by atoms with Crippen LogP contribution in [0.3, 0.4) is 0 Å². The van der Waals surface area contributed by atoms with E-state index in [1.807, 2.05) is 6.92 Å². The third-order valence-corrected chi connectivity index (χ3v) is 2.46. The number of carboxylic acids is 1. The van der Waals surface area contributed by atoms with Crippen molar-refractivity contribution in [3.05, 3.63) is 0 Å². The second-order valence-corrected chi connectivity index (χ2v) is 3.83. The molecule has 7 nitrogen and oxygen atoms in total. The molecule has 0 aromatic heterocycles. The molecule has 0 aliphatic rings. The van der Waals surface area contributed by atoms with E-state index in [4.69, 9.17) is 10.9 Å². The molecular formula is C10H21N3O4. The van der Waals surface area contributed by atoms with E-state index in [0.29, 0.717) is 6.54 Å². The van der Waals surface area contributed by atoms with Crippen molar-refractivity contribution in [1.82, 2.24) is 5.01 Å². The van der Waals surface area contributed by atoms with Gasteiger partial charge in [0.15, 0.2) is 0 Å². The number of aliphatic carboxylic acids is 1. The number of hydrogen-bond donors (Lipinski definition) is 3. The van der Waals surface area contributed by atoms with Gasteiger partial charge in [0.2, 0.25) is 0 Å². The molecule has 7 heteroatoms. The first-order valence-electron chi connectivity index (χ1n) is 5.66.